The molecule has 7 heteroatoms. The molecule has 0 saturated carbocycles. The van der Waals surface area contributed by atoms with Crippen LogP contribution in [0.25, 0.3) is 0 Å². The van der Waals surface area contributed by atoms with Crippen molar-refractivity contribution in [2.24, 2.45) is 0 Å². The highest BCUT2D eigenvalue weighted by Crippen LogP contribution is 2.31. The first kappa shape index (κ1) is 28.0. The Kier molecular flexibility index (Phi) is 10.7. The van der Waals surface area contributed by atoms with E-state index in [1.54, 1.807) is 18.2 Å². The fraction of sp³-hybridized carbons (Fsp3) is 0.481. The lowest BCUT2D eigenvalue weighted by atomic mass is 9.86. The van der Waals surface area contributed by atoms with E-state index >= 15 is 0 Å². The van der Waals surface area contributed by atoms with Crippen LogP contribution in [0.4, 0.5) is 0 Å². The summed E-state index contributed by atoms with van der Waals surface area (Å²) in [6.45, 7) is 10.7. The lowest BCUT2D eigenvalue weighted by Crippen LogP contribution is -2.50. The number of nitrogens with one attached hydrogen (secondary N) is 1. The molecule has 0 aliphatic rings. The number of unbranched alkanes of at least 4 members (excludes halogenated alkanes) is 1. The number of ether oxygens (including phenoxy) is 1. The quantitative estimate of drug-likeness (QED) is 0.359. The molecule has 0 aromatic heterocycles. The summed E-state index contributed by atoms with van der Waals surface area (Å²) >= 11 is 12.8. The lowest BCUT2D eigenvalue weighted by molar-refractivity contribution is -0.143. The number of benzene rings is 2. The fourth-order valence-corrected chi connectivity index (χ4v) is 4.23. The van der Waals surface area contributed by atoms with Gasteiger partial charge < -0.3 is 15.0 Å². The van der Waals surface area contributed by atoms with Crippen molar-refractivity contribution < 1.29 is 14.3 Å². The minimum Gasteiger partial charge on any atom is -0.483 e. The molecule has 0 fully saturated rings. The second kappa shape index (κ2) is 13.0. The summed E-state index contributed by atoms with van der Waals surface area (Å²) in [5, 5.41) is 3.85. The predicted octanol–water partition coefficient (Wildman–Crippen LogP) is 6.39. The molecular formula is C27H36Cl2N2O3. The van der Waals surface area contributed by atoms with Crippen LogP contribution in [0.3, 0.4) is 0 Å². The smallest absolute Gasteiger partial charge is 0.261 e. The van der Waals surface area contributed by atoms with Crippen molar-refractivity contribution >= 4 is 35.0 Å². The Morgan fingerprint density at radius 1 is 1.03 bits per heavy atom. The van der Waals surface area contributed by atoms with Crippen LogP contribution in [0.1, 0.15) is 65.0 Å². The molecule has 2 aromatic rings. The minimum absolute atomic E-state index is 0.112. The minimum atomic E-state index is -0.668. The number of rotatable bonds is 11. The molecule has 0 radical (unpaired) electrons. The summed E-state index contributed by atoms with van der Waals surface area (Å²) in [6.07, 6.45) is 2.29. The Bertz CT molecular complexity index is 952. The molecular weight excluding hydrogens is 471 g/mol. The van der Waals surface area contributed by atoms with Gasteiger partial charge in [-0.1, -0.05) is 88.5 Å². The van der Waals surface area contributed by atoms with Crippen molar-refractivity contribution in [3.05, 3.63) is 63.6 Å². The van der Waals surface area contributed by atoms with E-state index in [4.69, 9.17) is 27.9 Å². The summed E-state index contributed by atoms with van der Waals surface area (Å²) in [5.74, 6) is 0.152. The summed E-state index contributed by atoms with van der Waals surface area (Å²) < 4.78 is 5.99. The maximum atomic E-state index is 13.5. The van der Waals surface area contributed by atoms with Gasteiger partial charge in [0.25, 0.3) is 5.91 Å². The zero-order chi connectivity index (χ0) is 25.3. The molecule has 0 heterocycles. The largest absolute Gasteiger partial charge is 0.483 e. The Hall–Kier alpha value is -2.24. The van der Waals surface area contributed by atoms with Crippen LogP contribution in [0.15, 0.2) is 42.5 Å². The Balaban J connectivity index is 2.31. The van der Waals surface area contributed by atoms with E-state index in [-0.39, 0.29) is 30.4 Å². The van der Waals surface area contributed by atoms with Gasteiger partial charge in [0.05, 0.1) is 0 Å². The number of hydrogen-bond donors (Lipinski definition) is 1. The van der Waals surface area contributed by atoms with Crippen molar-refractivity contribution in [1.29, 1.82) is 0 Å². The van der Waals surface area contributed by atoms with Crippen molar-refractivity contribution in [1.82, 2.24) is 10.2 Å². The van der Waals surface area contributed by atoms with Gasteiger partial charge >= 0.3 is 0 Å². The van der Waals surface area contributed by atoms with E-state index < -0.39 is 6.04 Å². The number of nitrogens with zero attached hydrogens (tertiary/aromatic N) is 1. The lowest BCUT2D eigenvalue weighted by Gasteiger charge is -2.31. The van der Waals surface area contributed by atoms with Gasteiger partial charge in [0.2, 0.25) is 5.91 Å². The number of halogens is 2. The molecule has 0 aliphatic heterocycles. The molecule has 2 amide bonds. The third-order valence-electron chi connectivity index (χ3n) is 5.65. The number of para-hydroxylation sites is 1. The van der Waals surface area contributed by atoms with Crippen LogP contribution in [0.5, 0.6) is 5.75 Å². The van der Waals surface area contributed by atoms with E-state index in [0.29, 0.717) is 34.3 Å². The van der Waals surface area contributed by atoms with Crippen molar-refractivity contribution in [2.75, 3.05) is 13.2 Å². The molecule has 0 saturated heterocycles. The van der Waals surface area contributed by atoms with Crippen LogP contribution in [-0.2, 0) is 21.5 Å². The van der Waals surface area contributed by atoms with Gasteiger partial charge in [-0.3, -0.25) is 9.59 Å². The van der Waals surface area contributed by atoms with Gasteiger partial charge in [-0.2, -0.15) is 0 Å². The molecule has 0 aliphatic carbocycles. The molecule has 186 valence electrons. The summed E-state index contributed by atoms with van der Waals surface area (Å²) in [6, 6.07) is 12.2. The Labute approximate surface area is 213 Å². The van der Waals surface area contributed by atoms with E-state index in [0.717, 1.165) is 18.4 Å². The zero-order valence-electron chi connectivity index (χ0n) is 20.8. The summed E-state index contributed by atoms with van der Waals surface area (Å²) in [5.41, 5.74) is 1.47. The van der Waals surface area contributed by atoms with Gasteiger partial charge in [0.1, 0.15) is 11.8 Å². The molecule has 34 heavy (non-hydrogen) atoms. The molecule has 1 atom stereocenters. The van der Waals surface area contributed by atoms with Crippen LogP contribution < -0.4 is 10.1 Å². The topological polar surface area (TPSA) is 58.6 Å². The van der Waals surface area contributed by atoms with E-state index in [2.05, 4.69) is 33.0 Å². The Morgan fingerprint density at radius 3 is 2.26 bits per heavy atom. The second-order valence-electron chi connectivity index (χ2n) is 9.33. The van der Waals surface area contributed by atoms with Gasteiger partial charge in [-0.15, -0.1) is 0 Å². The average Bonchev–Trinajstić information content (AvgIpc) is 2.79. The molecule has 5 nitrogen and oxygen atoms in total. The first-order chi connectivity index (χ1) is 16.1. The normalized spacial score (nSPS) is 12.2. The SMILES string of the molecule is CCCCNC(=O)[C@@H](CC)N(Cc1c(Cl)cccc1Cl)C(=O)COc1ccccc1C(C)(C)C. The van der Waals surface area contributed by atoms with Crippen molar-refractivity contribution in [3.8, 4) is 5.75 Å². The maximum Gasteiger partial charge on any atom is 0.261 e. The van der Waals surface area contributed by atoms with Crippen LogP contribution in [0.2, 0.25) is 10.0 Å². The van der Waals surface area contributed by atoms with Gasteiger partial charge in [0, 0.05) is 28.7 Å². The maximum absolute atomic E-state index is 13.5. The monoisotopic (exact) mass is 506 g/mol. The molecule has 2 rings (SSSR count). The third-order valence-corrected chi connectivity index (χ3v) is 6.36. The number of carbonyl (C=O) groups excluding carboxylic acids is 2. The highest BCUT2D eigenvalue weighted by molar-refractivity contribution is 6.36. The predicted molar refractivity (Wildman–Crippen MR) is 140 cm³/mol. The van der Waals surface area contributed by atoms with E-state index in [1.165, 1.54) is 4.90 Å². The number of hydrogen-bond acceptors (Lipinski definition) is 3. The first-order valence-electron chi connectivity index (χ1n) is 11.8. The standard InChI is InChI=1S/C27H36Cl2N2O3/c1-6-8-16-30-26(33)23(7-2)31(17-19-21(28)13-11-14-22(19)29)25(32)18-34-24-15-10-9-12-20(24)27(3,4)5/h9-15,23H,6-8,16-18H2,1-5H3,(H,30,33)/t23-/m1/s1. The zero-order valence-corrected chi connectivity index (χ0v) is 22.3. The number of carbonyl (C=O) groups is 2. The Morgan fingerprint density at radius 2 is 1.68 bits per heavy atom. The van der Waals surface area contributed by atoms with Crippen molar-refractivity contribution in [2.45, 2.75) is 71.9 Å². The molecule has 1 N–H and O–H groups in total. The molecule has 0 bridgehead atoms. The van der Waals surface area contributed by atoms with E-state index in [1.807, 2.05) is 31.2 Å². The molecule has 0 spiro atoms. The van der Waals surface area contributed by atoms with Crippen molar-refractivity contribution in [3.63, 3.8) is 0 Å². The third kappa shape index (κ3) is 7.64. The summed E-state index contributed by atoms with van der Waals surface area (Å²) in [4.78, 5) is 28.0. The number of amides is 2. The van der Waals surface area contributed by atoms with Gasteiger partial charge in [-0.05, 0) is 42.0 Å². The van der Waals surface area contributed by atoms with Gasteiger partial charge in [0.15, 0.2) is 6.61 Å². The molecule has 0 unspecified atom stereocenters. The van der Waals surface area contributed by atoms with Crippen LogP contribution in [-0.4, -0.2) is 35.9 Å². The second-order valence-corrected chi connectivity index (χ2v) is 10.1. The highest BCUT2D eigenvalue weighted by Gasteiger charge is 2.30. The van der Waals surface area contributed by atoms with Gasteiger partial charge in [-0.25, -0.2) is 0 Å². The first-order valence-corrected chi connectivity index (χ1v) is 12.6. The highest BCUT2D eigenvalue weighted by atomic mass is 35.5. The average molecular weight is 508 g/mol. The van der Waals surface area contributed by atoms with E-state index in [9.17, 15) is 9.59 Å². The summed E-state index contributed by atoms with van der Waals surface area (Å²) in [7, 11) is 0. The fourth-order valence-electron chi connectivity index (χ4n) is 3.71. The molecule has 2 aromatic carbocycles. The van der Waals surface area contributed by atoms with Crippen LogP contribution in [0, 0.1) is 0 Å². The van der Waals surface area contributed by atoms with Crippen LogP contribution >= 0.6 is 23.2 Å².